The van der Waals surface area contributed by atoms with E-state index in [1.807, 2.05) is 6.07 Å². The van der Waals surface area contributed by atoms with Crippen molar-refractivity contribution in [3.8, 4) is 0 Å². The summed E-state index contributed by atoms with van der Waals surface area (Å²) in [6.45, 7) is 2.04. The highest BCUT2D eigenvalue weighted by Gasteiger charge is 2.29. The van der Waals surface area contributed by atoms with Crippen LogP contribution in [-0.2, 0) is 0 Å². The number of rotatable bonds is 2. The number of likely N-dealkylation sites (tertiary alicyclic amines) is 1. The normalized spacial score (nSPS) is 19.9. The van der Waals surface area contributed by atoms with Crippen LogP contribution >= 0.6 is 11.6 Å². The fraction of sp³-hybridized carbons (Fsp3) is 0.300. The molecule has 5 nitrogen and oxygen atoms in total. The highest BCUT2D eigenvalue weighted by atomic mass is 35.5. The third-order valence-corrected chi connectivity index (χ3v) is 5.21. The Kier molecular flexibility index (Phi) is 4.99. The van der Waals surface area contributed by atoms with Gasteiger partial charge >= 0.3 is 0 Å². The molecule has 2 aromatic rings. The zero-order chi connectivity index (χ0) is 18.8. The van der Waals surface area contributed by atoms with Gasteiger partial charge in [0.15, 0.2) is 5.84 Å². The van der Waals surface area contributed by atoms with Crippen molar-refractivity contribution in [2.75, 3.05) is 25.0 Å². The maximum Gasteiger partial charge on any atom is 0.168 e. The molecule has 2 heterocycles. The first kappa shape index (κ1) is 17.8. The van der Waals surface area contributed by atoms with E-state index in [1.54, 1.807) is 30.3 Å². The number of oxime groups is 1. The van der Waals surface area contributed by atoms with Crippen LogP contribution < -0.4 is 5.32 Å². The zero-order valence-corrected chi connectivity index (χ0v) is 15.5. The van der Waals surface area contributed by atoms with Crippen molar-refractivity contribution in [2.24, 2.45) is 10.1 Å². The molecule has 2 aliphatic rings. The summed E-state index contributed by atoms with van der Waals surface area (Å²) in [5.74, 6) is 0.225. The molecule has 0 amide bonds. The summed E-state index contributed by atoms with van der Waals surface area (Å²) in [4.78, 5) is 6.76. The average molecular weight is 387 g/mol. The van der Waals surface area contributed by atoms with Gasteiger partial charge in [0, 0.05) is 34.9 Å². The van der Waals surface area contributed by atoms with E-state index in [1.165, 1.54) is 6.07 Å². The number of amidine groups is 1. The molecule has 1 saturated heterocycles. The predicted octanol–water partition coefficient (Wildman–Crippen LogP) is 3.99. The van der Waals surface area contributed by atoms with Gasteiger partial charge in [0.05, 0.1) is 12.3 Å². The predicted molar refractivity (Wildman–Crippen MR) is 106 cm³/mol. The Morgan fingerprint density at radius 2 is 1.96 bits per heavy atom. The second-order valence-electron chi connectivity index (χ2n) is 6.71. The molecule has 1 unspecified atom stereocenters. The van der Waals surface area contributed by atoms with Crippen LogP contribution in [0.25, 0.3) is 0 Å². The van der Waals surface area contributed by atoms with Crippen molar-refractivity contribution in [3.63, 3.8) is 0 Å². The minimum atomic E-state index is -0.337. The largest absolute Gasteiger partial charge is 0.409 e. The van der Waals surface area contributed by atoms with E-state index in [0.29, 0.717) is 28.7 Å². The minimum Gasteiger partial charge on any atom is -0.409 e. The minimum absolute atomic E-state index is 0.308. The van der Waals surface area contributed by atoms with Crippen LogP contribution in [0.5, 0.6) is 0 Å². The Morgan fingerprint density at radius 1 is 1.19 bits per heavy atom. The number of anilines is 1. The SMILES string of the molecule is O/N=C(/C1CN=C(c2ccccc2F)c2cc(Cl)ccc2N1)N1CCCC1. The van der Waals surface area contributed by atoms with Gasteiger partial charge in [0.25, 0.3) is 0 Å². The summed E-state index contributed by atoms with van der Waals surface area (Å²) in [7, 11) is 0. The van der Waals surface area contributed by atoms with Crippen molar-refractivity contribution >= 4 is 28.8 Å². The molecule has 0 saturated carbocycles. The lowest BCUT2D eigenvalue weighted by molar-refractivity contribution is 0.302. The van der Waals surface area contributed by atoms with E-state index in [9.17, 15) is 9.60 Å². The van der Waals surface area contributed by atoms with Crippen molar-refractivity contribution < 1.29 is 9.60 Å². The fourth-order valence-electron chi connectivity index (χ4n) is 3.67. The Morgan fingerprint density at radius 3 is 2.70 bits per heavy atom. The molecule has 0 spiro atoms. The molecule has 0 radical (unpaired) electrons. The molecule has 1 fully saturated rings. The third kappa shape index (κ3) is 3.49. The number of aliphatic imine (C=N–C) groups is 1. The van der Waals surface area contributed by atoms with Gasteiger partial charge in [-0.1, -0.05) is 28.9 Å². The lowest BCUT2D eigenvalue weighted by Gasteiger charge is -2.26. The Bertz CT molecular complexity index is 909. The lowest BCUT2D eigenvalue weighted by atomic mass is 10.00. The highest BCUT2D eigenvalue weighted by Crippen LogP contribution is 2.28. The van der Waals surface area contributed by atoms with E-state index in [-0.39, 0.29) is 11.9 Å². The molecule has 2 aliphatic heterocycles. The van der Waals surface area contributed by atoms with E-state index in [2.05, 4.69) is 15.4 Å². The summed E-state index contributed by atoms with van der Waals surface area (Å²) < 4.78 is 14.5. The van der Waals surface area contributed by atoms with Crippen LogP contribution in [0.4, 0.5) is 10.1 Å². The van der Waals surface area contributed by atoms with E-state index in [4.69, 9.17) is 16.6 Å². The second kappa shape index (κ2) is 7.56. The molecular formula is C20H20ClFN4O. The van der Waals surface area contributed by atoms with Crippen LogP contribution in [-0.4, -0.2) is 47.3 Å². The quantitative estimate of drug-likeness (QED) is 0.355. The molecular weight excluding hydrogens is 367 g/mol. The summed E-state index contributed by atoms with van der Waals surface area (Å²) in [6.07, 6.45) is 2.14. The summed E-state index contributed by atoms with van der Waals surface area (Å²) >= 11 is 6.20. The highest BCUT2D eigenvalue weighted by molar-refractivity contribution is 6.31. The number of hydrogen-bond acceptors (Lipinski definition) is 4. The van der Waals surface area contributed by atoms with Gasteiger partial charge in [-0.25, -0.2) is 4.39 Å². The van der Waals surface area contributed by atoms with Crippen molar-refractivity contribution in [1.82, 2.24) is 4.90 Å². The number of hydrogen-bond donors (Lipinski definition) is 2. The number of fused-ring (bicyclic) bond motifs is 1. The van der Waals surface area contributed by atoms with Crippen LogP contribution in [0.2, 0.25) is 5.02 Å². The molecule has 2 N–H and O–H groups in total. The lowest BCUT2D eigenvalue weighted by Crippen LogP contribution is -2.43. The van der Waals surface area contributed by atoms with E-state index in [0.717, 1.165) is 37.2 Å². The van der Waals surface area contributed by atoms with Gasteiger partial charge < -0.3 is 15.4 Å². The Labute approximate surface area is 162 Å². The summed E-state index contributed by atoms with van der Waals surface area (Å²) in [5.41, 5.74) is 2.48. The van der Waals surface area contributed by atoms with E-state index >= 15 is 0 Å². The maximum absolute atomic E-state index is 14.5. The average Bonchev–Trinajstić information content (AvgIpc) is 3.13. The monoisotopic (exact) mass is 386 g/mol. The summed E-state index contributed by atoms with van der Waals surface area (Å²) in [5, 5.41) is 17.1. The van der Waals surface area contributed by atoms with Crippen LogP contribution in [0.15, 0.2) is 52.6 Å². The molecule has 0 bridgehead atoms. The van der Waals surface area contributed by atoms with Gasteiger partial charge in [-0.3, -0.25) is 4.99 Å². The fourth-order valence-corrected chi connectivity index (χ4v) is 3.84. The number of benzodiazepines with no additional fused rings is 1. The number of benzene rings is 2. The smallest absolute Gasteiger partial charge is 0.168 e. The molecule has 7 heteroatoms. The summed E-state index contributed by atoms with van der Waals surface area (Å²) in [6, 6.07) is 11.7. The molecule has 27 heavy (non-hydrogen) atoms. The molecule has 0 aliphatic carbocycles. The number of nitrogens with one attached hydrogen (secondary N) is 1. The second-order valence-corrected chi connectivity index (χ2v) is 7.14. The third-order valence-electron chi connectivity index (χ3n) is 4.97. The van der Waals surface area contributed by atoms with Gasteiger partial charge in [-0.15, -0.1) is 0 Å². The zero-order valence-electron chi connectivity index (χ0n) is 14.7. The van der Waals surface area contributed by atoms with Crippen LogP contribution in [0.1, 0.15) is 24.0 Å². The molecule has 4 rings (SSSR count). The number of nitrogens with zero attached hydrogens (tertiary/aromatic N) is 3. The standard InChI is InChI=1S/C20H20ClFN4O/c21-13-7-8-17-15(11-13)19(14-5-1-2-6-16(14)22)23-12-18(24-17)20(25-27)26-9-3-4-10-26/h1-2,5-8,11,18,24,27H,3-4,9-10,12H2/b25-20-. The number of halogens is 2. The first-order valence-electron chi connectivity index (χ1n) is 9.00. The van der Waals surface area contributed by atoms with Crippen LogP contribution in [0.3, 0.4) is 0 Å². The van der Waals surface area contributed by atoms with Crippen molar-refractivity contribution in [3.05, 3.63) is 64.4 Å². The van der Waals surface area contributed by atoms with Crippen molar-refractivity contribution in [1.29, 1.82) is 0 Å². The Hall–Kier alpha value is -2.60. The molecule has 2 aromatic carbocycles. The topological polar surface area (TPSA) is 60.2 Å². The Balaban J connectivity index is 1.78. The molecule has 0 aromatic heterocycles. The molecule has 140 valence electrons. The van der Waals surface area contributed by atoms with Gasteiger partial charge in [0.2, 0.25) is 0 Å². The van der Waals surface area contributed by atoms with Gasteiger partial charge in [0.1, 0.15) is 11.9 Å². The first-order chi connectivity index (χ1) is 13.2. The van der Waals surface area contributed by atoms with E-state index < -0.39 is 0 Å². The van der Waals surface area contributed by atoms with Gasteiger partial charge in [-0.2, -0.15) is 0 Å². The maximum atomic E-state index is 14.5. The van der Waals surface area contributed by atoms with Crippen LogP contribution in [0, 0.1) is 5.82 Å². The van der Waals surface area contributed by atoms with Crippen molar-refractivity contribution in [2.45, 2.75) is 18.9 Å². The molecule has 1 atom stereocenters. The van der Waals surface area contributed by atoms with Gasteiger partial charge in [-0.05, 0) is 43.2 Å². The first-order valence-corrected chi connectivity index (χ1v) is 9.38.